The summed E-state index contributed by atoms with van der Waals surface area (Å²) >= 11 is 3.08. The van der Waals surface area contributed by atoms with Crippen LogP contribution in [-0.2, 0) is 6.54 Å². The third kappa shape index (κ3) is 2.45. The van der Waals surface area contributed by atoms with Crippen molar-refractivity contribution in [3.8, 4) is 0 Å². The van der Waals surface area contributed by atoms with Crippen LogP contribution < -0.4 is 5.32 Å². The highest BCUT2D eigenvalue weighted by Crippen LogP contribution is 2.67. The van der Waals surface area contributed by atoms with Gasteiger partial charge in [0.05, 0.1) is 4.47 Å². The van der Waals surface area contributed by atoms with Crippen LogP contribution >= 0.6 is 15.9 Å². The fraction of sp³-hybridized carbons (Fsp3) is 0.600. The number of nitrogens with one attached hydrogen (secondary N) is 1. The molecule has 0 unspecified atom stereocenters. The number of rotatable bonds is 4. The molecule has 106 valence electrons. The van der Waals surface area contributed by atoms with Crippen molar-refractivity contribution in [1.29, 1.82) is 0 Å². The van der Waals surface area contributed by atoms with Crippen molar-refractivity contribution in [2.24, 2.45) is 16.7 Å². The van der Waals surface area contributed by atoms with Crippen LogP contribution in [0.25, 0.3) is 0 Å². The van der Waals surface area contributed by atoms with Gasteiger partial charge in [-0.25, -0.2) is 8.78 Å². The summed E-state index contributed by atoms with van der Waals surface area (Å²) < 4.78 is 27.7. The van der Waals surface area contributed by atoms with Gasteiger partial charge in [0.2, 0.25) is 0 Å². The van der Waals surface area contributed by atoms with E-state index in [1.54, 1.807) is 0 Å². The summed E-state index contributed by atoms with van der Waals surface area (Å²) in [6.45, 7) is 9.95. The van der Waals surface area contributed by atoms with E-state index in [1.165, 1.54) is 12.1 Å². The molecule has 0 aliphatic heterocycles. The van der Waals surface area contributed by atoms with Crippen LogP contribution in [0.3, 0.4) is 0 Å². The maximum atomic E-state index is 13.8. The second-order valence-corrected chi connectivity index (χ2v) is 7.30. The van der Waals surface area contributed by atoms with Crippen LogP contribution in [0.4, 0.5) is 8.78 Å². The SMILES string of the molecule is CC1(C)C(CNCc2c(F)ccc(Br)c2F)C1(C)C. The largest absolute Gasteiger partial charge is 0.312 e. The molecule has 1 N–H and O–H groups in total. The van der Waals surface area contributed by atoms with Gasteiger partial charge in [0.25, 0.3) is 0 Å². The molecule has 1 aromatic carbocycles. The maximum absolute atomic E-state index is 13.8. The maximum Gasteiger partial charge on any atom is 0.144 e. The average Bonchev–Trinajstić information content (AvgIpc) is 2.70. The fourth-order valence-corrected chi connectivity index (χ4v) is 3.29. The van der Waals surface area contributed by atoms with E-state index in [4.69, 9.17) is 0 Å². The topological polar surface area (TPSA) is 12.0 Å². The highest BCUT2D eigenvalue weighted by molar-refractivity contribution is 9.10. The Morgan fingerprint density at radius 3 is 2.26 bits per heavy atom. The van der Waals surface area contributed by atoms with Gasteiger partial charge >= 0.3 is 0 Å². The Balaban J connectivity index is 1.97. The first-order valence-electron chi connectivity index (χ1n) is 6.52. The number of hydrogen-bond acceptors (Lipinski definition) is 1. The monoisotopic (exact) mass is 331 g/mol. The van der Waals surface area contributed by atoms with Crippen LogP contribution in [0.15, 0.2) is 16.6 Å². The molecule has 1 aromatic rings. The first kappa shape index (κ1) is 14.9. The molecule has 0 heterocycles. The van der Waals surface area contributed by atoms with E-state index in [9.17, 15) is 8.78 Å². The summed E-state index contributed by atoms with van der Waals surface area (Å²) in [5, 5.41) is 3.18. The minimum Gasteiger partial charge on any atom is -0.312 e. The van der Waals surface area contributed by atoms with Gasteiger partial charge in [-0.15, -0.1) is 0 Å². The van der Waals surface area contributed by atoms with Gasteiger partial charge in [-0.2, -0.15) is 0 Å². The molecule has 0 spiro atoms. The Morgan fingerprint density at radius 2 is 1.74 bits per heavy atom. The molecule has 4 heteroatoms. The molecule has 19 heavy (non-hydrogen) atoms. The molecular weight excluding hydrogens is 312 g/mol. The van der Waals surface area contributed by atoms with Crippen LogP contribution in [0, 0.1) is 28.4 Å². The van der Waals surface area contributed by atoms with E-state index in [2.05, 4.69) is 48.9 Å². The van der Waals surface area contributed by atoms with Gasteiger partial charge in [0, 0.05) is 12.1 Å². The second kappa shape index (κ2) is 4.81. The van der Waals surface area contributed by atoms with Crippen molar-refractivity contribution < 1.29 is 8.78 Å². The Morgan fingerprint density at radius 1 is 1.16 bits per heavy atom. The fourth-order valence-electron chi connectivity index (χ4n) is 2.92. The van der Waals surface area contributed by atoms with E-state index in [0.29, 0.717) is 10.4 Å². The molecule has 2 rings (SSSR count). The van der Waals surface area contributed by atoms with Crippen molar-refractivity contribution in [2.45, 2.75) is 34.2 Å². The minimum atomic E-state index is -0.512. The van der Waals surface area contributed by atoms with Gasteiger partial charge < -0.3 is 5.32 Å². The van der Waals surface area contributed by atoms with Gasteiger partial charge in [0.15, 0.2) is 0 Å². The summed E-state index contributed by atoms with van der Waals surface area (Å²) in [5.74, 6) is -0.470. The number of hydrogen-bond donors (Lipinski definition) is 1. The molecule has 1 aliphatic rings. The van der Waals surface area contributed by atoms with Crippen LogP contribution in [-0.4, -0.2) is 6.54 Å². The molecule has 0 bridgehead atoms. The van der Waals surface area contributed by atoms with Crippen molar-refractivity contribution >= 4 is 15.9 Å². The summed E-state index contributed by atoms with van der Waals surface area (Å²) in [4.78, 5) is 0. The zero-order valence-corrected chi connectivity index (χ0v) is 13.4. The predicted molar refractivity (Wildman–Crippen MR) is 76.8 cm³/mol. The predicted octanol–water partition coefficient (Wildman–Crippen LogP) is 4.50. The molecule has 1 fully saturated rings. The standard InChI is InChI=1S/C15H20BrF2N/c1-14(2)12(15(14,3)4)8-19-7-9-11(17)6-5-10(16)13(9)18/h5-6,12,19H,7-8H2,1-4H3. The molecule has 0 amide bonds. The van der Waals surface area contributed by atoms with E-state index in [0.717, 1.165) is 6.54 Å². The lowest BCUT2D eigenvalue weighted by atomic mass is 10.0. The normalized spacial score (nSPS) is 20.6. The van der Waals surface area contributed by atoms with Crippen LogP contribution in [0.1, 0.15) is 33.3 Å². The van der Waals surface area contributed by atoms with E-state index < -0.39 is 11.6 Å². The Hall–Kier alpha value is -0.480. The minimum absolute atomic E-state index is 0.102. The van der Waals surface area contributed by atoms with Crippen molar-refractivity contribution in [3.05, 3.63) is 33.8 Å². The van der Waals surface area contributed by atoms with Crippen LogP contribution in [0.2, 0.25) is 0 Å². The highest BCUT2D eigenvalue weighted by atomic mass is 79.9. The van der Waals surface area contributed by atoms with Crippen molar-refractivity contribution in [1.82, 2.24) is 5.32 Å². The van der Waals surface area contributed by atoms with E-state index in [-0.39, 0.29) is 22.9 Å². The summed E-state index contributed by atoms with van der Waals surface area (Å²) in [7, 11) is 0. The van der Waals surface area contributed by atoms with Crippen LogP contribution in [0.5, 0.6) is 0 Å². The second-order valence-electron chi connectivity index (χ2n) is 6.45. The van der Waals surface area contributed by atoms with Crippen molar-refractivity contribution in [2.75, 3.05) is 6.54 Å². The third-order valence-electron chi connectivity index (χ3n) is 5.11. The molecule has 0 saturated heterocycles. The molecule has 1 nitrogen and oxygen atoms in total. The Labute approximate surface area is 121 Å². The zero-order chi connectivity index (χ0) is 14.4. The van der Waals surface area contributed by atoms with Gasteiger partial charge in [0.1, 0.15) is 11.6 Å². The van der Waals surface area contributed by atoms with E-state index >= 15 is 0 Å². The smallest absolute Gasteiger partial charge is 0.144 e. The summed E-state index contributed by atoms with van der Waals surface area (Å²) in [6, 6.07) is 2.68. The first-order valence-corrected chi connectivity index (χ1v) is 7.32. The number of benzene rings is 1. The number of halogens is 3. The lowest BCUT2D eigenvalue weighted by Crippen LogP contribution is -2.20. The lowest BCUT2D eigenvalue weighted by molar-refractivity contribution is 0.457. The highest BCUT2D eigenvalue weighted by Gasteiger charge is 2.63. The molecule has 0 atom stereocenters. The van der Waals surface area contributed by atoms with E-state index in [1.807, 2.05) is 0 Å². The first-order chi connectivity index (χ1) is 8.69. The summed E-state index contributed by atoms with van der Waals surface area (Å²) in [6.07, 6.45) is 0. The molecule has 0 radical (unpaired) electrons. The lowest BCUT2D eigenvalue weighted by Gasteiger charge is -2.09. The van der Waals surface area contributed by atoms with Crippen molar-refractivity contribution in [3.63, 3.8) is 0 Å². The molecule has 1 saturated carbocycles. The summed E-state index contributed by atoms with van der Waals surface area (Å²) in [5.41, 5.74) is 0.675. The Bertz CT molecular complexity index is 483. The van der Waals surface area contributed by atoms with Gasteiger partial charge in [-0.3, -0.25) is 0 Å². The third-order valence-corrected chi connectivity index (χ3v) is 5.72. The zero-order valence-electron chi connectivity index (χ0n) is 11.8. The Kier molecular flexibility index (Phi) is 3.78. The molecule has 0 aromatic heterocycles. The molecular formula is C15H20BrF2N. The average molecular weight is 332 g/mol. The molecule has 1 aliphatic carbocycles. The van der Waals surface area contributed by atoms with Gasteiger partial charge in [-0.1, -0.05) is 27.7 Å². The quantitative estimate of drug-likeness (QED) is 0.801. The van der Waals surface area contributed by atoms with Gasteiger partial charge in [-0.05, 0) is 51.4 Å².